The van der Waals surface area contributed by atoms with E-state index in [0.717, 1.165) is 0 Å². The van der Waals surface area contributed by atoms with E-state index in [2.05, 4.69) is 4.74 Å². The number of carbonyl (C=O) groups is 2. The lowest BCUT2D eigenvalue weighted by Crippen LogP contribution is -2.09. The minimum atomic E-state index is -1.10. The Labute approximate surface area is 145 Å². The third kappa shape index (κ3) is 12.0. The van der Waals surface area contributed by atoms with Gasteiger partial charge in [0.2, 0.25) is 0 Å². The summed E-state index contributed by atoms with van der Waals surface area (Å²) < 4.78 is 14.4. The normalized spacial score (nSPS) is 9.88. The van der Waals surface area contributed by atoms with Crippen molar-refractivity contribution >= 4 is 11.9 Å². The fourth-order valence-corrected chi connectivity index (χ4v) is 1.45. The molecular formula is C16H24O9. The van der Waals surface area contributed by atoms with Gasteiger partial charge in [-0.3, -0.25) is 0 Å². The third-order valence-electron chi connectivity index (χ3n) is 2.51. The van der Waals surface area contributed by atoms with Crippen LogP contribution in [-0.4, -0.2) is 85.2 Å². The van der Waals surface area contributed by atoms with Gasteiger partial charge in [0.05, 0.1) is 57.4 Å². The molecule has 1 aromatic rings. The summed E-state index contributed by atoms with van der Waals surface area (Å²) in [5.41, 5.74) is 0.178. The number of carboxylic acids is 1. The smallest absolute Gasteiger partial charge is 0.338 e. The summed E-state index contributed by atoms with van der Waals surface area (Å²) in [6.45, 7) is 1.37. The maximum atomic E-state index is 11.3. The van der Waals surface area contributed by atoms with Gasteiger partial charge in [-0.15, -0.1) is 0 Å². The van der Waals surface area contributed by atoms with Crippen LogP contribution in [0, 0.1) is 0 Å². The average molecular weight is 360 g/mol. The molecule has 0 heterocycles. The molecule has 0 atom stereocenters. The fraction of sp³-hybridized carbons (Fsp3) is 0.500. The van der Waals surface area contributed by atoms with Gasteiger partial charge in [-0.1, -0.05) is 6.07 Å². The molecule has 0 aromatic heterocycles. The van der Waals surface area contributed by atoms with Crippen LogP contribution in [0.25, 0.3) is 0 Å². The molecule has 0 amide bonds. The minimum absolute atomic E-state index is 0.0217. The molecule has 25 heavy (non-hydrogen) atoms. The Morgan fingerprint density at radius 1 is 0.800 bits per heavy atom. The van der Waals surface area contributed by atoms with E-state index in [4.69, 9.17) is 29.9 Å². The predicted molar refractivity (Wildman–Crippen MR) is 86.6 cm³/mol. The SMILES string of the molecule is O=C(O)c1cccc(C(=O)OCCO)c1.OCCOCCOCCO. The Bertz CT molecular complexity index is 482. The summed E-state index contributed by atoms with van der Waals surface area (Å²) in [6.07, 6.45) is 0. The number of aliphatic hydroxyl groups excluding tert-OH is 3. The first-order chi connectivity index (χ1) is 12.1. The lowest BCUT2D eigenvalue weighted by molar-refractivity contribution is 0.0222. The van der Waals surface area contributed by atoms with Crippen molar-refractivity contribution in [3.8, 4) is 0 Å². The standard InChI is InChI=1S/C10H10O5.C6H14O4/c11-4-5-15-10(14)8-3-1-2-7(6-8)9(12)13;7-1-3-9-5-6-10-4-2-8/h1-3,6,11H,4-5H2,(H,12,13);7-8H,1-6H2. The molecular weight excluding hydrogens is 336 g/mol. The molecule has 9 nitrogen and oxygen atoms in total. The van der Waals surface area contributed by atoms with Crippen molar-refractivity contribution in [2.75, 3.05) is 52.9 Å². The molecule has 0 fully saturated rings. The van der Waals surface area contributed by atoms with Crippen LogP contribution >= 0.6 is 0 Å². The predicted octanol–water partition coefficient (Wildman–Crippen LogP) is -0.462. The molecule has 1 rings (SSSR count). The van der Waals surface area contributed by atoms with Gasteiger partial charge in [0.1, 0.15) is 6.61 Å². The number of benzene rings is 1. The lowest BCUT2D eigenvalue weighted by Gasteiger charge is -2.03. The van der Waals surface area contributed by atoms with Crippen LogP contribution in [-0.2, 0) is 14.2 Å². The van der Waals surface area contributed by atoms with Crippen molar-refractivity contribution in [3.63, 3.8) is 0 Å². The van der Waals surface area contributed by atoms with Crippen LogP contribution in [0.3, 0.4) is 0 Å². The van der Waals surface area contributed by atoms with Gasteiger partial charge < -0.3 is 34.6 Å². The maximum absolute atomic E-state index is 11.3. The largest absolute Gasteiger partial charge is 0.478 e. The van der Waals surface area contributed by atoms with Gasteiger partial charge in [-0.2, -0.15) is 0 Å². The number of aliphatic hydroxyl groups is 3. The molecule has 0 spiro atoms. The molecule has 142 valence electrons. The van der Waals surface area contributed by atoms with E-state index < -0.39 is 11.9 Å². The molecule has 1 aromatic carbocycles. The van der Waals surface area contributed by atoms with E-state index in [1.54, 1.807) is 0 Å². The second-order valence-electron chi connectivity index (χ2n) is 4.42. The summed E-state index contributed by atoms with van der Waals surface area (Å²) >= 11 is 0. The quantitative estimate of drug-likeness (QED) is 0.304. The van der Waals surface area contributed by atoms with Crippen molar-refractivity contribution in [1.82, 2.24) is 0 Å². The zero-order chi connectivity index (χ0) is 18.9. The number of carboxylic acid groups (broad SMARTS) is 1. The van der Waals surface area contributed by atoms with Crippen LogP contribution in [0.1, 0.15) is 20.7 Å². The highest BCUT2D eigenvalue weighted by atomic mass is 16.5. The van der Waals surface area contributed by atoms with Crippen LogP contribution in [0.15, 0.2) is 24.3 Å². The van der Waals surface area contributed by atoms with Crippen LogP contribution in [0.5, 0.6) is 0 Å². The van der Waals surface area contributed by atoms with Crippen molar-refractivity contribution in [1.29, 1.82) is 0 Å². The summed E-state index contributed by atoms with van der Waals surface area (Å²) in [6, 6.07) is 5.51. The van der Waals surface area contributed by atoms with Gasteiger partial charge in [0.15, 0.2) is 0 Å². The number of esters is 1. The molecule has 9 heteroatoms. The highest BCUT2D eigenvalue weighted by molar-refractivity contribution is 5.94. The Morgan fingerprint density at radius 2 is 1.32 bits per heavy atom. The van der Waals surface area contributed by atoms with Gasteiger partial charge >= 0.3 is 11.9 Å². The topological polar surface area (TPSA) is 143 Å². The van der Waals surface area contributed by atoms with Crippen LogP contribution < -0.4 is 0 Å². The molecule has 0 aliphatic rings. The number of hydrogen-bond donors (Lipinski definition) is 4. The Morgan fingerprint density at radius 3 is 1.80 bits per heavy atom. The summed E-state index contributed by atoms with van der Waals surface area (Å²) in [7, 11) is 0. The lowest BCUT2D eigenvalue weighted by atomic mass is 10.1. The molecule has 0 aliphatic heterocycles. The Balaban J connectivity index is 0.000000504. The zero-order valence-electron chi connectivity index (χ0n) is 13.8. The van der Waals surface area contributed by atoms with Crippen molar-refractivity contribution < 1.29 is 44.2 Å². The summed E-state index contributed by atoms with van der Waals surface area (Å²) in [5.74, 6) is -1.75. The zero-order valence-corrected chi connectivity index (χ0v) is 13.8. The van der Waals surface area contributed by atoms with Gasteiger partial charge in [0.25, 0.3) is 0 Å². The van der Waals surface area contributed by atoms with Gasteiger partial charge in [0, 0.05) is 0 Å². The third-order valence-corrected chi connectivity index (χ3v) is 2.51. The molecule has 0 bridgehead atoms. The maximum Gasteiger partial charge on any atom is 0.338 e. The Hall–Kier alpha value is -2.04. The van der Waals surface area contributed by atoms with Gasteiger partial charge in [-0.25, -0.2) is 9.59 Å². The van der Waals surface area contributed by atoms with E-state index in [0.29, 0.717) is 26.4 Å². The first-order valence-corrected chi connectivity index (χ1v) is 7.55. The first-order valence-electron chi connectivity index (χ1n) is 7.55. The van der Waals surface area contributed by atoms with E-state index in [-0.39, 0.29) is 37.6 Å². The monoisotopic (exact) mass is 360 g/mol. The molecule has 0 unspecified atom stereocenters. The van der Waals surface area contributed by atoms with Crippen LogP contribution in [0.2, 0.25) is 0 Å². The van der Waals surface area contributed by atoms with E-state index in [9.17, 15) is 9.59 Å². The molecule has 0 saturated heterocycles. The molecule has 0 aliphatic carbocycles. The van der Waals surface area contributed by atoms with Crippen LogP contribution in [0.4, 0.5) is 0 Å². The Kier molecular flexibility index (Phi) is 14.2. The minimum Gasteiger partial charge on any atom is -0.478 e. The second kappa shape index (κ2) is 15.5. The van der Waals surface area contributed by atoms with E-state index >= 15 is 0 Å². The molecule has 0 saturated carbocycles. The number of hydrogen-bond acceptors (Lipinski definition) is 8. The average Bonchev–Trinajstić information content (AvgIpc) is 2.63. The number of aromatic carboxylic acids is 1. The van der Waals surface area contributed by atoms with Crippen molar-refractivity contribution in [2.24, 2.45) is 0 Å². The van der Waals surface area contributed by atoms with Gasteiger partial charge in [-0.05, 0) is 18.2 Å². The van der Waals surface area contributed by atoms with Crippen molar-refractivity contribution in [3.05, 3.63) is 35.4 Å². The highest BCUT2D eigenvalue weighted by Gasteiger charge is 2.09. The number of rotatable bonds is 11. The van der Waals surface area contributed by atoms with E-state index in [1.165, 1.54) is 24.3 Å². The van der Waals surface area contributed by atoms with Crippen molar-refractivity contribution in [2.45, 2.75) is 0 Å². The molecule has 4 N–H and O–H groups in total. The number of ether oxygens (including phenoxy) is 3. The first kappa shape index (κ1) is 23.0. The molecule has 0 radical (unpaired) electrons. The fourth-order valence-electron chi connectivity index (χ4n) is 1.45. The number of carbonyl (C=O) groups excluding carboxylic acids is 1. The second-order valence-corrected chi connectivity index (χ2v) is 4.42. The highest BCUT2D eigenvalue weighted by Crippen LogP contribution is 2.06. The summed E-state index contributed by atoms with van der Waals surface area (Å²) in [4.78, 5) is 21.8. The van der Waals surface area contributed by atoms with E-state index in [1.807, 2.05) is 0 Å². The summed E-state index contributed by atoms with van der Waals surface area (Å²) in [5, 5.41) is 33.6.